The van der Waals surface area contributed by atoms with Crippen LogP contribution in [0.3, 0.4) is 0 Å². The summed E-state index contributed by atoms with van der Waals surface area (Å²) in [6, 6.07) is 6.38. The quantitative estimate of drug-likeness (QED) is 0.798. The Kier molecular flexibility index (Phi) is 3.63. The summed E-state index contributed by atoms with van der Waals surface area (Å²) in [4.78, 5) is 17.0. The Morgan fingerprint density at radius 3 is 2.90 bits per heavy atom. The van der Waals surface area contributed by atoms with E-state index in [0.29, 0.717) is 5.92 Å². The third-order valence-corrected chi connectivity index (χ3v) is 4.19. The molecule has 3 atom stereocenters. The van der Waals surface area contributed by atoms with Crippen molar-refractivity contribution in [2.24, 2.45) is 5.92 Å². The fraction of sp³-hybridized carbons (Fsp3) is 0.533. The number of aromatic amines is 2. The van der Waals surface area contributed by atoms with Crippen LogP contribution in [0.25, 0.3) is 11.0 Å². The van der Waals surface area contributed by atoms with E-state index >= 15 is 0 Å². The molecule has 3 unspecified atom stereocenters. The van der Waals surface area contributed by atoms with E-state index in [1.807, 2.05) is 6.07 Å². The first-order valence-electron chi connectivity index (χ1n) is 7.26. The van der Waals surface area contributed by atoms with Gasteiger partial charge in [0.25, 0.3) is 0 Å². The number of fused-ring (bicyclic) bond motifs is 1. The lowest BCUT2D eigenvalue weighted by Gasteiger charge is -2.27. The van der Waals surface area contributed by atoms with Gasteiger partial charge in [-0.05, 0) is 37.6 Å². The van der Waals surface area contributed by atoms with Crippen LogP contribution in [0, 0.1) is 5.92 Å². The van der Waals surface area contributed by atoms with Crippen LogP contribution in [0.5, 0.6) is 0 Å². The van der Waals surface area contributed by atoms with E-state index in [2.05, 4.69) is 41.3 Å². The molecule has 5 heteroatoms. The Morgan fingerprint density at radius 2 is 2.20 bits per heavy atom. The van der Waals surface area contributed by atoms with Gasteiger partial charge in [0.2, 0.25) is 0 Å². The molecule has 2 aromatic rings. The smallest absolute Gasteiger partial charge is 0.323 e. The molecule has 0 aliphatic carbocycles. The predicted octanol–water partition coefficient (Wildman–Crippen LogP) is 1.93. The summed E-state index contributed by atoms with van der Waals surface area (Å²) < 4.78 is 5.70. The van der Waals surface area contributed by atoms with Crippen molar-refractivity contribution in [2.45, 2.75) is 32.4 Å². The molecule has 0 saturated carbocycles. The molecule has 5 nitrogen and oxygen atoms in total. The molecule has 0 radical (unpaired) electrons. The number of imidazole rings is 1. The number of aromatic nitrogens is 2. The number of benzene rings is 1. The molecule has 0 amide bonds. The maximum atomic E-state index is 11.4. The summed E-state index contributed by atoms with van der Waals surface area (Å²) >= 11 is 0. The third-order valence-electron chi connectivity index (χ3n) is 4.19. The van der Waals surface area contributed by atoms with Crippen LogP contribution >= 0.6 is 0 Å². The highest BCUT2D eigenvalue weighted by Crippen LogP contribution is 2.33. The highest BCUT2D eigenvalue weighted by Gasteiger charge is 2.32. The number of nitrogens with one attached hydrogen (secondary N) is 3. The van der Waals surface area contributed by atoms with E-state index in [1.54, 1.807) is 0 Å². The van der Waals surface area contributed by atoms with Crippen LogP contribution in [0.15, 0.2) is 23.0 Å². The molecule has 0 bridgehead atoms. The Labute approximate surface area is 117 Å². The normalized spacial score (nSPS) is 24.3. The zero-order valence-corrected chi connectivity index (χ0v) is 11.9. The number of rotatable bonds is 4. The molecule has 3 rings (SSSR count). The SMILES string of the molecule is CCNC(c1ccc2[nH]c(=O)[nH]c2c1)C1CCOC1C. The molecule has 108 valence electrons. The van der Waals surface area contributed by atoms with Gasteiger partial charge >= 0.3 is 5.69 Å². The number of hydrogen-bond acceptors (Lipinski definition) is 3. The van der Waals surface area contributed by atoms with Crippen molar-refractivity contribution < 1.29 is 4.74 Å². The van der Waals surface area contributed by atoms with Crippen molar-refractivity contribution in [3.05, 3.63) is 34.2 Å². The van der Waals surface area contributed by atoms with Gasteiger partial charge in [-0.15, -0.1) is 0 Å². The Balaban J connectivity index is 1.97. The average molecular weight is 275 g/mol. The molecule has 1 fully saturated rings. The minimum Gasteiger partial charge on any atom is -0.378 e. The van der Waals surface area contributed by atoms with Gasteiger partial charge in [-0.3, -0.25) is 0 Å². The highest BCUT2D eigenvalue weighted by atomic mass is 16.5. The summed E-state index contributed by atoms with van der Waals surface area (Å²) in [6.07, 6.45) is 1.33. The third kappa shape index (κ3) is 2.39. The van der Waals surface area contributed by atoms with Gasteiger partial charge < -0.3 is 20.0 Å². The molecule has 3 N–H and O–H groups in total. The molecule has 2 heterocycles. The molecule has 0 spiro atoms. The van der Waals surface area contributed by atoms with Gasteiger partial charge in [0.05, 0.1) is 17.1 Å². The molecular formula is C15H21N3O2. The molecule has 1 aromatic carbocycles. The Morgan fingerprint density at radius 1 is 1.40 bits per heavy atom. The van der Waals surface area contributed by atoms with E-state index in [0.717, 1.165) is 30.6 Å². The number of hydrogen-bond donors (Lipinski definition) is 3. The van der Waals surface area contributed by atoms with Crippen molar-refractivity contribution in [2.75, 3.05) is 13.2 Å². The molecule has 1 aliphatic rings. The van der Waals surface area contributed by atoms with Gasteiger partial charge in [0.15, 0.2) is 0 Å². The standard InChI is InChI=1S/C15H21N3O2/c1-3-16-14(11-6-7-20-9(11)2)10-4-5-12-13(8-10)18-15(19)17-12/h4-5,8-9,11,14,16H,3,6-7H2,1-2H3,(H2,17,18,19). The molecule has 20 heavy (non-hydrogen) atoms. The van der Waals surface area contributed by atoms with Crippen molar-refractivity contribution in [1.82, 2.24) is 15.3 Å². The minimum atomic E-state index is -0.158. The fourth-order valence-corrected chi connectivity index (χ4v) is 3.17. The van der Waals surface area contributed by atoms with Gasteiger partial charge in [0, 0.05) is 18.6 Å². The minimum absolute atomic E-state index is 0.158. The predicted molar refractivity (Wildman–Crippen MR) is 78.9 cm³/mol. The maximum absolute atomic E-state index is 11.4. The molecule has 1 aromatic heterocycles. The number of H-pyrrole nitrogens is 2. The van der Waals surface area contributed by atoms with Crippen molar-refractivity contribution in [1.29, 1.82) is 0 Å². The topological polar surface area (TPSA) is 69.9 Å². The summed E-state index contributed by atoms with van der Waals surface area (Å²) in [7, 11) is 0. The van der Waals surface area contributed by atoms with E-state index in [9.17, 15) is 4.79 Å². The fourth-order valence-electron chi connectivity index (χ4n) is 3.17. The second-order valence-corrected chi connectivity index (χ2v) is 5.45. The first-order chi connectivity index (χ1) is 9.69. The summed E-state index contributed by atoms with van der Waals surface area (Å²) in [5.41, 5.74) is 2.76. The Hall–Kier alpha value is -1.59. The lowest BCUT2D eigenvalue weighted by molar-refractivity contribution is 0.0956. The average Bonchev–Trinajstić information content (AvgIpc) is 3.00. The van der Waals surface area contributed by atoms with Crippen LogP contribution in [-0.2, 0) is 4.74 Å². The lowest BCUT2D eigenvalue weighted by Crippen LogP contribution is -2.31. The summed E-state index contributed by atoms with van der Waals surface area (Å²) in [5.74, 6) is 0.470. The maximum Gasteiger partial charge on any atom is 0.323 e. The van der Waals surface area contributed by atoms with Crippen LogP contribution in [0.1, 0.15) is 31.9 Å². The first kappa shape index (κ1) is 13.4. The van der Waals surface area contributed by atoms with E-state index in [4.69, 9.17) is 4.74 Å². The van der Waals surface area contributed by atoms with E-state index in [1.165, 1.54) is 5.56 Å². The van der Waals surface area contributed by atoms with Crippen molar-refractivity contribution >= 4 is 11.0 Å². The highest BCUT2D eigenvalue weighted by molar-refractivity contribution is 5.75. The van der Waals surface area contributed by atoms with Crippen LogP contribution in [0.4, 0.5) is 0 Å². The summed E-state index contributed by atoms with van der Waals surface area (Å²) in [6.45, 7) is 6.00. The van der Waals surface area contributed by atoms with Gasteiger partial charge in [0.1, 0.15) is 0 Å². The second-order valence-electron chi connectivity index (χ2n) is 5.45. The monoisotopic (exact) mass is 275 g/mol. The van der Waals surface area contributed by atoms with Crippen LogP contribution in [-0.4, -0.2) is 29.2 Å². The lowest BCUT2D eigenvalue weighted by atomic mass is 9.88. The largest absolute Gasteiger partial charge is 0.378 e. The first-order valence-corrected chi connectivity index (χ1v) is 7.26. The number of ether oxygens (including phenoxy) is 1. The zero-order chi connectivity index (χ0) is 14.1. The van der Waals surface area contributed by atoms with Crippen LogP contribution in [0.2, 0.25) is 0 Å². The van der Waals surface area contributed by atoms with Crippen LogP contribution < -0.4 is 11.0 Å². The van der Waals surface area contributed by atoms with Crippen molar-refractivity contribution in [3.63, 3.8) is 0 Å². The summed E-state index contributed by atoms with van der Waals surface area (Å²) in [5, 5.41) is 3.56. The Bertz CT molecular complexity index is 646. The zero-order valence-electron chi connectivity index (χ0n) is 11.9. The van der Waals surface area contributed by atoms with Gasteiger partial charge in [-0.2, -0.15) is 0 Å². The molecular weight excluding hydrogens is 254 g/mol. The van der Waals surface area contributed by atoms with Crippen molar-refractivity contribution in [3.8, 4) is 0 Å². The van der Waals surface area contributed by atoms with E-state index in [-0.39, 0.29) is 17.8 Å². The van der Waals surface area contributed by atoms with Gasteiger partial charge in [-0.1, -0.05) is 13.0 Å². The second kappa shape index (κ2) is 5.42. The molecule has 1 aliphatic heterocycles. The van der Waals surface area contributed by atoms with Gasteiger partial charge in [-0.25, -0.2) is 4.79 Å². The molecule has 1 saturated heterocycles. The van der Waals surface area contributed by atoms with E-state index < -0.39 is 0 Å².